The van der Waals surface area contributed by atoms with Gasteiger partial charge in [-0.15, -0.1) is 0 Å². The van der Waals surface area contributed by atoms with E-state index < -0.39 is 11.8 Å². The number of halogens is 1. The summed E-state index contributed by atoms with van der Waals surface area (Å²) < 4.78 is 19.4. The molecule has 0 amide bonds. The van der Waals surface area contributed by atoms with E-state index >= 15 is 0 Å². The van der Waals surface area contributed by atoms with E-state index in [1.54, 1.807) is 0 Å². The van der Waals surface area contributed by atoms with Crippen molar-refractivity contribution in [2.45, 2.75) is 44.6 Å². The Morgan fingerprint density at radius 2 is 1.96 bits per heavy atom. The third-order valence-corrected chi connectivity index (χ3v) is 5.77. The topological polar surface area (TPSA) is 73.6 Å². The summed E-state index contributed by atoms with van der Waals surface area (Å²) in [7, 11) is 0. The van der Waals surface area contributed by atoms with Gasteiger partial charge in [0.1, 0.15) is 17.4 Å². The maximum Gasteiger partial charge on any atom is 0.338 e. The smallest absolute Gasteiger partial charge is 0.338 e. The van der Waals surface area contributed by atoms with Crippen LogP contribution in [0.1, 0.15) is 59.1 Å². The van der Waals surface area contributed by atoms with Gasteiger partial charge < -0.3 is 4.74 Å². The Bertz CT molecular complexity index is 1020. The van der Waals surface area contributed by atoms with Crippen LogP contribution < -0.4 is 5.56 Å². The molecule has 1 saturated carbocycles. The van der Waals surface area contributed by atoms with Crippen molar-refractivity contribution in [3.05, 3.63) is 62.8 Å². The molecular formula is C19H18FN3O3S. The zero-order valence-electron chi connectivity index (χ0n) is 14.6. The number of nitrogens with zero attached hydrogens (tertiary/aromatic N) is 3. The zero-order chi connectivity index (χ0) is 18.8. The standard InChI is InChI=1S/C19H18FN3O3S/c20-14-8-6-13(7-9-14)18(25)26-11-15-10-16(24)23-19(21-15)27-17(22-23)12-4-2-1-3-5-12/h6-10,12H,1-5,11H2. The third kappa shape index (κ3) is 3.90. The van der Waals surface area contributed by atoms with E-state index in [0.29, 0.717) is 16.6 Å². The molecule has 8 heteroatoms. The fourth-order valence-electron chi connectivity index (χ4n) is 3.27. The van der Waals surface area contributed by atoms with Crippen LogP contribution in [-0.4, -0.2) is 20.6 Å². The van der Waals surface area contributed by atoms with Crippen molar-refractivity contribution < 1.29 is 13.9 Å². The van der Waals surface area contributed by atoms with Gasteiger partial charge in [0.05, 0.1) is 11.3 Å². The van der Waals surface area contributed by atoms with Crippen molar-refractivity contribution in [2.75, 3.05) is 0 Å². The summed E-state index contributed by atoms with van der Waals surface area (Å²) in [5, 5.41) is 5.39. The number of ether oxygens (including phenoxy) is 1. The third-order valence-electron chi connectivity index (χ3n) is 4.70. The number of carbonyl (C=O) groups is 1. The van der Waals surface area contributed by atoms with Gasteiger partial charge in [-0.1, -0.05) is 30.6 Å². The Morgan fingerprint density at radius 1 is 1.22 bits per heavy atom. The monoisotopic (exact) mass is 387 g/mol. The SMILES string of the molecule is O=C(OCc1cc(=O)n2nc(C3CCCCC3)sc2n1)c1ccc(F)cc1. The molecule has 1 aliphatic rings. The predicted molar refractivity (Wildman–Crippen MR) is 98.5 cm³/mol. The number of fused-ring (bicyclic) bond motifs is 1. The van der Waals surface area contributed by atoms with Crippen molar-refractivity contribution in [1.82, 2.24) is 14.6 Å². The molecule has 2 heterocycles. The molecule has 1 aromatic carbocycles. The second-order valence-corrected chi connectivity index (χ2v) is 7.63. The van der Waals surface area contributed by atoms with Crippen LogP contribution in [0.4, 0.5) is 4.39 Å². The van der Waals surface area contributed by atoms with Gasteiger partial charge in [-0.05, 0) is 37.1 Å². The lowest BCUT2D eigenvalue weighted by atomic mass is 9.90. The van der Waals surface area contributed by atoms with Crippen LogP contribution in [0.2, 0.25) is 0 Å². The first-order valence-electron chi connectivity index (χ1n) is 8.92. The molecule has 0 saturated heterocycles. The fourth-order valence-corrected chi connectivity index (χ4v) is 4.36. The average molecular weight is 387 g/mol. The predicted octanol–water partition coefficient (Wildman–Crippen LogP) is 3.69. The van der Waals surface area contributed by atoms with Crippen LogP contribution in [0.3, 0.4) is 0 Å². The molecule has 0 radical (unpaired) electrons. The van der Waals surface area contributed by atoms with Crippen LogP contribution in [-0.2, 0) is 11.3 Å². The molecule has 0 atom stereocenters. The van der Waals surface area contributed by atoms with Gasteiger partial charge >= 0.3 is 5.97 Å². The van der Waals surface area contributed by atoms with Crippen molar-refractivity contribution in [2.24, 2.45) is 0 Å². The van der Waals surface area contributed by atoms with Crippen molar-refractivity contribution in [3.8, 4) is 0 Å². The molecule has 0 N–H and O–H groups in total. The largest absolute Gasteiger partial charge is 0.456 e. The molecule has 0 aliphatic heterocycles. The Morgan fingerprint density at radius 3 is 2.70 bits per heavy atom. The Balaban J connectivity index is 1.51. The van der Waals surface area contributed by atoms with E-state index in [-0.39, 0.29) is 17.7 Å². The maximum absolute atomic E-state index is 12.9. The summed E-state index contributed by atoms with van der Waals surface area (Å²) in [6.07, 6.45) is 5.82. The highest BCUT2D eigenvalue weighted by Gasteiger charge is 2.21. The molecule has 1 fully saturated rings. The van der Waals surface area contributed by atoms with Crippen LogP contribution in [0.25, 0.3) is 4.96 Å². The van der Waals surface area contributed by atoms with Crippen molar-refractivity contribution >= 4 is 22.3 Å². The molecule has 27 heavy (non-hydrogen) atoms. The molecule has 0 bridgehead atoms. The minimum absolute atomic E-state index is 0.126. The van der Waals surface area contributed by atoms with Gasteiger partial charge in [-0.3, -0.25) is 4.79 Å². The van der Waals surface area contributed by atoms with Crippen LogP contribution in [0.15, 0.2) is 35.1 Å². The molecule has 2 aromatic heterocycles. The quantitative estimate of drug-likeness (QED) is 0.638. The Labute approximate surface area is 158 Å². The van der Waals surface area contributed by atoms with Gasteiger partial charge in [0.15, 0.2) is 0 Å². The highest BCUT2D eigenvalue weighted by Crippen LogP contribution is 2.34. The van der Waals surface area contributed by atoms with E-state index in [2.05, 4.69) is 10.1 Å². The number of hydrogen-bond acceptors (Lipinski definition) is 6. The van der Waals surface area contributed by atoms with Gasteiger partial charge in [-0.25, -0.2) is 14.2 Å². The summed E-state index contributed by atoms with van der Waals surface area (Å²) in [5.41, 5.74) is 0.326. The highest BCUT2D eigenvalue weighted by molar-refractivity contribution is 7.16. The van der Waals surface area contributed by atoms with E-state index in [0.717, 1.165) is 17.8 Å². The van der Waals surface area contributed by atoms with E-state index in [9.17, 15) is 14.0 Å². The zero-order valence-corrected chi connectivity index (χ0v) is 15.4. The second-order valence-electron chi connectivity index (χ2n) is 6.64. The van der Waals surface area contributed by atoms with Crippen LogP contribution in [0.5, 0.6) is 0 Å². The molecule has 3 aromatic rings. The van der Waals surface area contributed by atoms with Gasteiger partial charge in [0, 0.05) is 12.0 Å². The normalized spacial score (nSPS) is 15.1. The number of hydrogen-bond donors (Lipinski definition) is 0. The Hall–Kier alpha value is -2.61. The number of carbonyl (C=O) groups excluding carboxylic acids is 1. The summed E-state index contributed by atoms with van der Waals surface area (Å²) >= 11 is 1.42. The Kier molecular flexibility index (Phi) is 4.98. The van der Waals surface area contributed by atoms with Gasteiger partial charge in [0.2, 0.25) is 4.96 Å². The number of aromatic nitrogens is 3. The lowest BCUT2D eigenvalue weighted by Gasteiger charge is -2.18. The average Bonchev–Trinajstić information content (AvgIpc) is 3.12. The summed E-state index contributed by atoms with van der Waals surface area (Å²) in [6.45, 7) is -0.126. The van der Waals surface area contributed by atoms with Crippen molar-refractivity contribution in [1.29, 1.82) is 0 Å². The number of esters is 1. The van der Waals surface area contributed by atoms with Gasteiger partial charge in [-0.2, -0.15) is 9.61 Å². The van der Waals surface area contributed by atoms with E-state index in [1.807, 2.05) is 0 Å². The van der Waals surface area contributed by atoms with Gasteiger partial charge in [0.25, 0.3) is 5.56 Å². The number of benzene rings is 1. The summed E-state index contributed by atoms with van der Waals surface area (Å²) in [5.74, 6) is -0.626. The second kappa shape index (κ2) is 7.56. The lowest BCUT2D eigenvalue weighted by molar-refractivity contribution is 0.0467. The van der Waals surface area contributed by atoms with Crippen molar-refractivity contribution in [3.63, 3.8) is 0 Å². The van der Waals surface area contributed by atoms with Crippen LogP contribution in [0, 0.1) is 5.82 Å². The lowest BCUT2D eigenvalue weighted by Crippen LogP contribution is -2.17. The highest BCUT2D eigenvalue weighted by atomic mass is 32.1. The maximum atomic E-state index is 12.9. The number of rotatable bonds is 4. The minimum atomic E-state index is -0.593. The van der Waals surface area contributed by atoms with E-state index in [1.165, 1.54) is 65.4 Å². The molecule has 4 rings (SSSR count). The molecule has 0 unspecified atom stereocenters. The molecule has 140 valence electrons. The molecular weight excluding hydrogens is 369 g/mol. The first-order valence-corrected chi connectivity index (χ1v) is 9.74. The first kappa shape index (κ1) is 17.8. The molecule has 6 nitrogen and oxygen atoms in total. The first-order chi connectivity index (χ1) is 13.1. The van der Waals surface area contributed by atoms with E-state index in [4.69, 9.17) is 4.74 Å². The minimum Gasteiger partial charge on any atom is -0.456 e. The fraction of sp³-hybridized carbons (Fsp3) is 0.368. The summed E-state index contributed by atoms with van der Waals surface area (Å²) in [4.78, 5) is 29.3. The molecule has 1 aliphatic carbocycles. The van der Waals surface area contributed by atoms with Crippen LogP contribution >= 0.6 is 11.3 Å². The molecule has 0 spiro atoms. The summed E-state index contributed by atoms with van der Waals surface area (Å²) in [6, 6.07) is 6.41.